The average molecular weight is 459 g/mol. The highest BCUT2D eigenvalue weighted by atomic mass is 32.2. The fourth-order valence-electron chi connectivity index (χ4n) is 2.61. The molecule has 0 aliphatic heterocycles. The highest BCUT2D eigenvalue weighted by Gasteiger charge is 2.27. The van der Waals surface area contributed by atoms with Crippen LogP contribution in [0.3, 0.4) is 0 Å². The van der Waals surface area contributed by atoms with Crippen LogP contribution >= 0.6 is 0 Å². The number of rotatable bonds is 10. The Morgan fingerprint density at radius 2 is 1.52 bits per heavy atom. The Morgan fingerprint density at radius 1 is 0.935 bits per heavy atom. The van der Waals surface area contributed by atoms with Gasteiger partial charge in [-0.1, -0.05) is 48.5 Å². The van der Waals surface area contributed by atoms with Gasteiger partial charge in [-0.3, -0.25) is 0 Å². The second kappa shape index (κ2) is 11.1. The van der Waals surface area contributed by atoms with Gasteiger partial charge in [-0.05, 0) is 29.3 Å². The van der Waals surface area contributed by atoms with Gasteiger partial charge >= 0.3 is 12.2 Å². The van der Waals surface area contributed by atoms with E-state index in [1.54, 1.807) is 48.5 Å². The number of sulfonamides is 1. The predicted octanol–water partition coefficient (Wildman–Crippen LogP) is 2.81. The Bertz CT molecular complexity index is 964. The largest absolute Gasteiger partial charge is 0.411 e. The molecule has 0 bridgehead atoms. The zero-order chi connectivity index (χ0) is 22.9. The zero-order valence-corrected chi connectivity index (χ0v) is 17.6. The molecular formula is C20H24F3N3O4S. The molecule has 3 N–H and O–H groups in total. The molecule has 0 fully saturated rings. The van der Waals surface area contributed by atoms with E-state index in [9.17, 15) is 26.4 Å². The van der Waals surface area contributed by atoms with Crippen molar-refractivity contribution >= 4 is 16.1 Å². The van der Waals surface area contributed by atoms with E-state index < -0.39 is 28.8 Å². The summed E-state index contributed by atoms with van der Waals surface area (Å²) < 4.78 is 66.6. The first-order chi connectivity index (χ1) is 14.6. The number of nitrogens with one attached hydrogen (secondary N) is 3. The topological polar surface area (TPSA) is 96.5 Å². The number of hydrogen-bond acceptors (Lipinski definition) is 4. The fourth-order valence-corrected chi connectivity index (χ4v) is 3.44. The molecular weight excluding hydrogens is 435 g/mol. The molecule has 0 atom stereocenters. The second-order valence-corrected chi connectivity index (χ2v) is 8.62. The van der Waals surface area contributed by atoms with Gasteiger partial charge in [0.15, 0.2) is 0 Å². The van der Waals surface area contributed by atoms with Crippen molar-refractivity contribution in [1.29, 1.82) is 0 Å². The van der Waals surface area contributed by atoms with Crippen molar-refractivity contribution in [2.45, 2.75) is 31.6 Å². The molecule has 31 heavy (non-hydrogen) atoms. The maximum atomic E-state index is 12.1. The molecule has 0 saturated heterocycles. The summed E-state index contributed by atoms with van der Waals surface area (Å²) in [6.45, 7) is -1.10. The molecule has 0 saturated carbocycles. The molecule has 2 amide bonds. The Balaban J connectivity index is 1.80. The van der Waals surface area contributed by atoms with Crippen LogP contribution in [0, 0.1) is 0 Å². The van der Waals surface area contributed by atoms with E-state index in [0.717, 1.165) is 5.56 Å². The molecule has 11 heteroatoms. The van der Waals surface area contributed by atoms with Crippen LogP contribution in [-0.4, -0.2) is 34.3 Å². The van der Waals surface area contributed by atoms with Gasteiger partial charge in [-0.25, -0.2) is 17.9 Å². The van der Waals surface area contributed by atoms with Crippen LogP contribution < -0.4 is 15.4 Å². The highest BCUT2D eigenvalue weighted by Crippen LogP contribution is 2.16. The summed E-state index contributed by atoms with van der Waals surface area (Å²) in [6, 6.07) is 13.1. The summed E-state index contributed by atoms with van der Waals surface area (Å²) in [5.41, 5.74) is 2.61. The summed E-state index contributed by atoms with van der Waals surface area (Å²) in [5.74, 6) is -0.192. The first-order valence-corrected chi connectivity index (χ1v) is 11.0. The lowest BCUT2D eigenvalue weighted by molar-refractivity contribution is -0.176. The van der Waals surface area contributed by atoms with Crippen molar-refractivity contribution in [1.82, 2.24) is 15.4 Å². The Kier molecular flexibility index (Phi) is 8.84. The van der Waals surface area contributed by atoms with Crippen LogP contribution in [-0.2, 0) is 40.2 Å². The van der Waals surface area contributed by atoms with Crippen LogP contribution in [0.2, 0.25) is 0 Å². The van der Waals surface area contributed by atoms with Crippen molar-refractivity contribution in [2.75, 3.05) is 13.7 Å². The third-order valence-corrected chi connectivity index (χ3v) is 5.54. The maximum absolute atomic E-state index is 12.1. The van der Waals surface area contributed by atoms with E-state index in [0.29, 0.717) is 16.7 Å². The molecule has 0 heterocycles. The minimum absolute atomic E-state index is 0.150. The maximum Gasteiger partial charge on any atom is 0.411 e. The number of ether oxygens (including phenoxy) is 1. The normalized spacial score (nSPS) is 11.9. The monoisotopic (exact) mass is 459 g/mol. The third-order valence-electron chi connectivity index (χ3n) is 4.22. The van der Waals surface area contributed by atoms with Crippen LogP contribution in [0.1, 0.15) is 22.3 Å². The van der Waals surface area contributed by atoms with Crippen LogP contribution in [0.15, 0.2) is 48.5 Å². The minimum Gasteiger partial charge on any atom is -0.367 e. The van der Waals surface area contributed by atoms with E-state index in [2.05, 4.69) is 20.1 Å². The van der Waals surface area contributed by atoms with E-state index >= 15 is 0 Å². The second-order valence-electron chi connectivity index (χ2n) is 6.69. The number of benzene rings is 2. The van der Waals surface area contributed by atoms with Gasteiger partial charge in [0.05, 0.1) is 12.4 Å². The quantitative estimate of drug-likeness (QED) is 0.509. The lowest BCUT2D eigenvalue weighted by Crippen LogP contribution is -2.34. The molecule has 2 aromatic rings. The SMILES string of the molecule is CNS(=O)(=O)Cc1ccccc1CNC(=O)NCc1ccc(COCC(F)(F)F)cc1. The summed E-state index contributed by atoms with van der Waals surface area (Å²) in [7, 11) is -2.10. The molecule has 7 nitrogen and oxygen atoms in total. The Morgan fingerprint density at radius 3 is 2.13 bits per heavy atom. The molecule has 0 radical (unpaired) electrons. The standard InChI is InChI=1S/C20H24F3N3O4S/c1-24-31(28,29)13-18-5-3-2-4-17(18)11-26-19(27)25-10-15-6-8-16(9-7-15)12-30-14-20(21,22)23/h2-9,24H,10-14H2,1H3,(H2,25,26,27). The molecule has 0 aromatic heterocycles. The number of urea groups is 1. The third kappa shape index (κ3) is 9.37. The van der Waals surface area contributed by atoms with Crippen molar-refractivity contribution in [3.05, 3.63) is 70.8 Å². The number of carbonyl (C=O) groups is 1. The molecule has 170 valence electrons. The molecule has 2 aromatic carbocycles. The van der Waals surface area contributed by atoms with Crippen LogP contribution in [0.4, 0.5) is 18.0 Å². The number of alkyl halides is 3. The minimum atomic E-state index is -4.36. The van der Waals surface area contributed by atoms with Gasteiger partial charge in [0.2, 0.25) is 10.0 Å². The van der Waals surface area contributed by atoms with Crippen molar-refractivity contribution < 1.29 is 31.1 Å². The van der Waals surface area contributed by atoms with Crippen molar-refractivity contribution in [2.24, 2.45) is 0 Å². The lowest BCUT2D eigenvalue weighted by atomic mass is 10.1. The van der Waals surface area contributed by atoms with E-state index in [1.807, 2.05) is 0 Å². The fraction of sp³-hybridized carbons (Fsp3) is 0.350. The van der Waals surface area contributed by atoms with Gasteiger partial charge in [0, 0.05) is 13.1 Å². The number of hydrogen-bond donors (Lipinski definition) is 3. The number of carbonyl (C=O) groups excluding carboxylic acids is 1. The molecule has 0 unspecified atom stereocenters. The smallest absolute Gasteiger partial charge is 0.367 e. The molecule has 2 rings (SSSR count). The molecule has 0 aliphatic carbocycles. The van der Waals surface area contributed by atoms with E-state index in [-0.39, 0.29) is 25.4 Å². The van der Waals surface area contributed by atoms with E-state index in [1.165, 1.54) is 7.05 Å². The Labute approximate surface area is 179 Å². The summed E-state index contributed by atoms with van der Waals surface area (Å²) in [4.78, 5) is 12.1. The van der Waals surface area contributed by atoms with Gasteiger partial charge < -0.3 is 15.4 Å². The first-order valence-electron chi connectivity index (χ1n) is 9.30. The lowest BCUT2D eigenvalue weighted by Gasteiger charge is -2.12. The van der Waals surface area contributed by atoms with Gasteiger partial charge in [-0.15, -0.1) is 0 Å². The predicted molar refractivity (Wildman–Crippen MR) is 109 cm³/mol. The van der Waals surface area contributed by atoms with Gasteiger partial charge in [0.1, 0.15) is 6.61 Å². The molecule has 0 aliphatic rings. The average Bonchev–Trinajstić information content (AvgIpc) is 2.71. The summed E-state index contributed by atoms with van der Waals surface area (Å²) in [6.07, 6.45) is -4.36. The van der Waals surface area contributed by atoms with Gasteiger partial charge in [-0.2, -0.15) is 13.2 Å². The summed E-state index contributed by atoms with van der Waals surface area (Å²) >= 11 is 0. The van der Waals surface area contributed by atoms with Gasteiger partial charge in [0.25, 0.3) is 0 Å². The number of amides is 2. The molecule has 0 spiro atoms. The van der Waals surface area contributed by atoms with Crippen LogP contribution in [0.25, 0.3) is 0 Å². The highest BCUT2D eigenvalue weighted by molar-refractivity contribution is 7.88. The number of halogens is 3. The summed E-state index contributed by atoms with van der Waals surface area (Å²) in [5, 5.41) is 5.34. The first kappa shape index (κ1) is 24.6. The van der Waals surface area contributed by atoms with Crippen molar-refractivity contribution in [3.8, 4) is 0 Å². The Hall–Kier alpha value is -2.63. The van der Waals surface area contributed by atoms with Crippen molar-refractivity contribution in [3.63, 3.8) is 0 Å². The van der Waals surface area contributed by atoms with Crippen LogP contribution in [0.5, 0.6) is 0 Å². The zero-order valence-electron chi connectivity index (χ0n) is 16.8. The van der Waals surface area contributed by atoms with E-state index in [4.69, 9.17) is 0 Å².